The molecule has 0 saturated carbocycles. The maximum atomic E-state index is 11.7. The monoisotopic (exact) mass is 378 g/mol. The summed E-state index contributed by atoms with van der Waals surface area (Å²) in [6.45, 7) is 6.12. The lowest BCUT2D eigenvalue weighted by molar-refractivity contribution is -0.143. The number of ether oxygens (including phenoxy) is 2. The van der Waals surface area contributed by atoms with E-state index in [9.17, 15) is 9.59 Å². The molecule has 0 bridgehead atoms. The number of para-hydroxylation sites is 1. The number of aromatic nitrogens is 1. The topological polar surface area (TPSA) is 77.5 Å². The Morgan fingerprint density at radius 3 is 2.69 bits per heavy atom. The van der Waals surface area contributed by atoms with E-state index in [-0.39, 0.29) is 12.6 Å². The van der Waals surface area contributed by atoms with Gasteiger partial charge in [0.05, 0.1) is 21.8 Å². The molecular weight excluding hydrogens is 352 g/mol. The number of nitrogens with zero attached hydrogens (tertiary/aromatic N) is 1. The van der Waals surface area contributed by atoms with Gasteiger partial charge in [-0.2, -0.15) is 0 Å². The van der Waals surface area contributed by atoms with Crippen molar-refractivity contribution in [3.8, 4) is 0 Å². The molecule has 26 heavy (non-hydrogen) atoms. The Balaban J connectivity index is 1.54. The fourth-order valence-corrected chi connectivity index (χ4v) is 3.25. The van der Waals surface area contributed by atoms with Crippen LogP contribution in [-0.2, 0) is 20.7 Å². The van der Waals surface area contributed by atoms with Gasteiger partial charge in [0.15, 0.2) is 0 Å². The number of benzene rings is 1. The van der Waals surface area contributed by atoms with Gasteiger partial charge in [-0.1, -0.05) is 12.1 Å². The van der Waals surface area contributed by atoms with Gasteiger partial charge < -0.3 is 14.8 Å². The zero-order valence-corrected chi connectivity index (χ0v) is 16.4. The van der Waals surface area contributed by atoms with E-state index in [0.717, 1.165) is 23.4 Å². The molecule has 1 aromatic heterocycles. The highest BCUT2D eigenvalue weighted by molar-refractivity contribution is 7.18. The minimum atomic E-state index is -0.514. The second-order valence-electron chi connectivity index (χ2n) is 6.93. The summed E-state index contributed by atoms with van der Waals surface area (Å²) in [6.07, 6.45) is 1.96. The number of carbonyl (C=O) groups is 2. The molecule has 1 N–H and O–H groups in total. The third-order valence-electron chi connectivity index (χ3n) is 3.36. The van der Waals surface area contributed by atoms with Crippen molar-refractivity contribution in [2.24, 2.45) is 0 Å². The zero-order valence-electron chi connectivity index (χ0n) is 15.5. The van der Waals surface area contributed by atoms with E-state index in [2.05, 4.69) is 16.4 Å². The van der Waals surface area contributed by atoms with Crippen molar-refractivity contribution in [3.05, 3.63) is 29.3 Å². The largest absolute Gasteiger partial charge is 0.466 e. The molecule has 2 aromatic rings. The van der Waals surface area contributed by atoms with Crippen LogP contribution in [0, 0.1) is 0 Å². The molecule has 1 aromatic carbocycles. The van der Waals surface area contributed by atoms with Gasteiger partial charge in [0, 0.05) is 13.0 Å². The van der Waals surface area contributed by atoms with Crippen molar-refractivity contribution in [2.45, 2.75) is 52.1 Å². The minimum Gasteiger partial charge on any atom is -0.466 e. The lowest BCUT2D eigenvalue weighted by Crippen LogP contribution is -2.33. The van der Waals surface area contributed by atoms with Crippen LogP contribution in [0.2, 0.25) is 0 Å². The quantitative estimate of drug-likeness (QED) is 0.553. The van der Waals surface area contributed by atoms with E-state index in [1.807, 2.05) is 39.0 Å². The molecule has 2 rings (SSSR count). The summed E-state index contributed by atoms with van der Waals surface area (Å²) in [5.74, 6) is -0.219. The van der Waals surface area contributed by atoms with Crippen LogP contribution in [0.4, 0.5) is 4.79 Å². The van der Waals surface area contributed by atoms with Crippen molar-refractivity contribution in [1.29, 1.82) is 0 Å². The summed E-state index contributed by atoms with van der Waals surface area (Å²) < 4.78 is 11.5. The average Bonchev–Trinajstić information content (AvgIpc) is 2.95. The van der Waals surface area contributed by atoms with Crippen LogP contribution in [0.15, 0.2) is 24.3 Å². The molecule has 6 nitrogen and oxygen atoms in total. The minimum absolute atomic E-state index is 0.219. The molecule has 0 spiro atoms. The summed E-state index contributed by atoms with van der Waals surface area (Å²) in [5, 5.41) is 3.67. The first-order valence-electron chi connectivity index (χ1n) is 8.80. The third-order valence-corrected chi connectivity index (χ3v) is 4.46. The van der Waals surface area contributed by atoms with Gasteiger partial charge in [0.25, 0.3) is 0 Å². The predicted molar refractivity (Wildman–Crippen MR) is 102 cm³/mol. The van der Waals surface area contributed by atoms with Crippen LogP contribution in [0.5, 0.6) is 0 Å². The summed E-state index contributed by atoms with van der Waals surface area (Å²) in [7, 11) is 0. The normalized spacial score (nSPS) is 11.3. The van der Waals surface area contributed by atoms with Gasteiger partial charge in [0.2, 0.25) is 0 Å². The Morgan fingerprint density at radius 1 is 1.19 bits per heavy atom. The second-order valence-corrected chi connectivity index (χ2v) is 8.05. The Labute approximate surface area is 157 Å². The number of hydrogen-bond donors (Lipinski definition) is 1. The van der Waals surface area contributed by atoms with Gasteiger partial charge in [-0.15, -0.1) is 11.3 Å². The van der Waals surface area contributed by atoms with Gasteiger partial charge in [-0.3, -0.25) is 4.79 Å². The number of amides is 1. The van der Waals surface area contributed by atoms with Gasteiger partial charge >= 0.3 is 12.1 Å². The molecule has 0 atom stereocenters. The van der Waals surface area contributed by atoms with E-state index in [4.69, 9.17) is 9.47 Å². The number of esters is 1. The Hall–Kier alpha value is -2.15. The molecule has 0 aliphatic carbocycles. The number of carbonyl (C=O) groups excluding carboxylic acids is 2. The standard InChI is InChI=1S/C19H26N2O4S/c1-19(2,3)25-18(23)20-12-7-13-24-17(22)11-6-10-16-21-14-8-4-5-9-15(14)26-16/h4-5,8-9H,6-7,10-13H2,1-3H3,(H,20,23). The predicted octanol–water partition coefficient (Wildman–Crippen LogP) is 4.08. The molecule has 0 aliphatic heterocycles. The Bertz CT molecular complexity index is 703. The zero-order chi connectivity index (χ0) is 19.0. The number of rotatable bonds is 8. The molecule has 0 aliphatic rings. The summed E-state index contributed by atoms with van der Waals surface area (Å²) in [4.78, 5) is 27.7. The highest BCUT2D eigenvalue weighted by atomic mass is 32.1. The van der Waals surface area contributed by atoms with Crippen molar-refractivity contribution in [1.82, 2.24) is 10.3 Å². The van der Waals surface area contributed by atoms with E-state index >= 15 is 0 Å². The van der Waals surface area contributed by atoms with Gasteiger partial charge in [-0.05, 0) is 52.2 Å². The maximum Gasteiger partial charge on any atom is 0.407 e. The molecule has 1 heterocycles. The number of hydrogen-bond acceptors (Lipinski definition) is 6. The van der Waals surface area contributed by atoms with E-state index in [1.54, 1.807) is 11.3 Å². The number of fused-ring (bicyclic) bond motifs is 1. The first-order valence-corrected chi connectivity index (χ1v) is 9.62. The van der Waals surface area contributed by atoms with Gasteiger partial charge in [-0.25, -0.2) is 9.78 Å². The molecule has 0 unspecified atom stereocenters. The highest BCUT2D eigenvalue weighted by Crippen LogP contribution is 2.22. The fraction of sp³-hybridized carbons (Fsp3) is 0.526. The van der Waals surface area contributed by atoms with Crippen molar-refractivity contribution >= 4 is 33.6 Å². The first-order chi connectivity index (χ1) is 12.3. The highest BCUT2D eigenvalue weighted by Gasteiger charge is 2.15. The molecule has 1 amide bonds. The lowest BCUT2D eigenvalue weighted by Gasteiger charge is -2.19. The van der Waals surface area contributed by atoms with E-state index in [0.29, 0.717) is 19.4 Å². The SMILES string of the molecule is CC(C)(C)OC(=O)NCCCOC(=O)CCCc1nc2ccccc2s1. The smallest absolute Gasteiger partial charge is 0.407 e. The Kier molecular flexibility index (Phi) is 7.38. The van der Waals surface area contributed by atoms with Crippen LogP contribution in [0.3, 0.4) is 0 Å². The number of thiazole rings is 1. The third kappa shape index (κ3) is 7.39. The van der Waals surface area contributed by atoms with Crippen molar-refractivity contribution in [2.75, 3.05) is 13.2 Å². The summed E-state index contributed by atoms with van der Waals surface area (Å²) in [5.41, 5.74) is 0.493. The van der Waals surface area contributed by atoms with Crippen LogP contribution in [0.25, 0.3) is 10.2 Å². The second kappa shape index (κ2) is 9.52. The molecule has 0 radical (unpaired) electrons. The Morgan fingerprint density at radius 2 is 1.96 bits per heavy atom. The molecular formula is C19H26N2O4S. The van der Waals surface area contributed by atoms with Crippen LogP contribution < -0.4 is 5.32 Å². The molecule has 0 fully saturated rings. The summed E-state index contributed by atoms with van der Waals surface area (Å²) >= 11 is 1.66. The molecule has 7 heteroatoms. The molecule has 142 valence electrons. The van der Waals surface area contributed by atoms with Gasteiger partial charge in [0.1, 0.15) is 5.60 Å². The van der Waals surface area contributed by atoms with Crippen LogP contribution >= 0.6 is 11.3 Å². The fourth-order valence-electron chi connectivity index (χ4n) is 2.25. The van der Waals surface area contributed by atoms with Crippen LogP contribution in [-0.4, -0.2) is 35.8 Å². The summed E-state index contributed by atoms with van der Waals surface area (Å²) in [6, 6.07) is 8.02. The van der Waals surface area contributed by atoms with E-state index < -0.39 is 11.7 Å². The van der Waals surface area contributed by atoms with Crippen molar-refractivity contribution < 1.29 is 19.1 Å². The number of alkyl carbamates (subject to hydrolysis) is 1. The van der Waals surface area contributed by atoms with Crippen LogP contribution in [0.1, 0.15) is 45.0 Å². The molecule has 0 saturated heterocycles. The number of nitrogens with one attached hydrogen (secondary N) is 1. The maximum absolute atomic E-state index is 11.7. The first kappa shape index (κ1) is 20.2. The number of aryl methyl sites for hydroxylation is 1. The lowest BCUT2D eigenvalue weighted by atomic mass is 10.2. The van der Waals surface area contributed by atoms with E-state index in [1.165, 1.54) is 4.70 Å². The van der Waals surface area contributed by atoms with Crippen molar-refractivity contribution in [3.63, 3.8) is 0 Å². The average molecular weight is 378 g/mol.